The zero-order valence-electron chi connectivity index (χ0n) is 12.5. The third-order valence-corrected chi connectivity index (χ3v) is 5.51. The van der Waals surface area contributed by atoms with E-state index in [1.165, 1.54) is 22.5 Å². The monoisotopic (exact) mass is 337 g/mol. The Morgan fingerprint density at radius 3 is 2.83 bits per heavy atom. The molecule has 1 fully saturated rings. The van der Waals surface area contributed by atoms with Crippen molar-refractivity contribution in [2.24, 2.45) is 0 Å². The highest BCUT2D eigenvalue weighted by molar-refractivity contribution is 7.89. The molecule has 1 atom stereocenters. The van der Waals surface area contributed by atoms with Crippen LogP contribution in [0.1, 0.15) is 17.6 Å². The van der Waals surface area contributed by atoms with Crippen molar-refractivity contribution < 1.29 is 17.5 Å². The van der Waals surface area contributed by atoms with Crippen molar-refractivity contribution in [2.45, 2.75) is 17.9 Å². The van der Waals surface area contributed by atoms with E-state index in [1.807, 2.05) is 0 Å². The van der Waals surface area contributed by atoms with E-state index in [9.17, 15) is 12.8 Å². The Morgan fingerprint density at radius 1 is 1.30 bits per heavy atom. The molecule has 1 aliphatic heterocycles. The summed E-state index contributed by atoms with van der Waals surface area (Å²) in [6, 6.07) is 7.06. The Morgan fingerprint density at radius 2 is 2.09 bits per heavy atom. The average Bonchev–Trinajstić information content (AvgIpc) is 2.55. The Labute approximate surface area is 134 Å². The van der Waals surface area contributed by atoms with Gasteiger partial charge < -0.3 is 4.74 Å². The molecule has 122 valence electrons. The third-order valence-electron chi connectivity index (χ3n) is 3.61. The lowest BCUT2D eigenvalue weighted by Crippen LogP contribution is -2.42. The molecule has 2 aromatic rings. The van der Waals surface area contributed by atoms with Crippen LogP contribution >= 0.6 is 0 Å². The summed E-state index contributed by atoms with van der Waals surface area (Å²) < 4.78 is 46.0. The molecular formula is C15H16FN3O3S. The van der Waals surface area contributed by atoms with Gasteiger partial charge in [-0.2, -0.15) is 4.31 Å². The summed E-state index contributed by atoms with van der Waals surface area (Å²) in [4.78, 5) is 7.97. The van der Waals surface area contributed by atoms with Gasteiger partial charge in [0.2, 0.25) is 10.0 Å². The normalized spacial score (nSPS) is 19.7. The molecule has 0 radical (unpaired) electrons. The molecule has 0 saturated carbocycles. The van der Waals surface area contributed by atoms with Crippen LogP contribution in [0.5, 0.6) is 0 Å². The molecule has 23 heavy (non-hydrogen) atoms. The highest BCUT2D eigenvalue weighted by Gasteiger charge is 2.33. The standard InChI is InChI=1S/C15H16FN3O3S/c1-11-17-7-6-13(18-11)14-10-19(8-9-22-14)23(20,21)15-5-3-2-4-12(15)16/h2-7,14H,8-10H2,1H3/t14-/m1/s1. The Balaban J connectivity index is 1.88. The third kappa shape index (κ3) is 3.24. The van der Waals surface area contributed by atoms with Gasteiger partial charge in [-0.1, -0.05) is 12.1 Å². The van der Waals surface area contributed by atoms with Crippen molar-refractivity contribution in [2.75, 3.05) is 19.7 Å². The lowest BCUT2D eigenvalue weighted by molar-refractivity contribution is -0.00514. The summed E-state index contributed by atoms with van der Waals surface area (Å²) in [5.74, 6) is -0.173. The molecule has 1 aromatic heterocycles. The Hall–Kier alpha value is -1.90. The fourth-order valence-corrected chi connectivity index (χ4v) is 3.96. The highest BCUT2D eigenvalue weighted by Crippen LogP contribution is 2.26. The van der Waals surface area contributed by atoms with Crippen molar-refractivity contribution >= 4 is 10.0 Å². The molecule has 8 heteroatoms. The molecule has 1 aliphatic rings. The first kappa shape index (κ1) is 16.0. The minimum Gasteiger partial charge on any atom is -0.369 e. The van der Waals surface area contributed by atoms with Crippen LogP contribution < -0.4 is 0 Å². The number of ether oxygens (including phenoxy) is 1. The molecule has 1 aromatic carbocycles. The smallest absolute Gasteiger partial charge is 0.246 e. The second-order valence-electron chi connectivity index (χ2n) is 5.18. The molecule has 2 heterocycles. The van der Waals surface area contributed by atoms with Gasteiger partial charge in [0.1, 0.15) is 22.6 Å². The van der Waals surface area contributed by atoms with Crippen molar-refractivity contribution in [1.29, 1.82) is 0 Å². The number of nitrogens with zero attached hydrogens (tertiary/aromatic N) is 3. The number of sulfonamides is 1. The van der Waals surface area contributed by atoms with E-state index in [-0.39, 0.29) is 24.6 Å². The summed E-state index contributed by atoms with van der Waals surface area (Å²) in [5.41, 5.74) is 0.617. The van der Waals surface area contributed by atoms with Gasteiger partial charge in [0.25, 0.3) is 0 Å². The van der Waals surface area contributed by atoms with Crippen LogP contribution in [-0.4, -0.2) is 42.4 Å². The van der Waals surface area contributed by atoms with Crippen LogP contribution in [0.3, 0.4) is 0 Å². The van der Waals surface area contributed by atoms with Crippen LogP contribution in [-0.2, 0) is 14.8 Å². The largest absolute Gasteiger partial charge is 0.369 e. The zero-order chi connectivity index (χ0) is 16.4. The van der Waals surface area contributed by atoms with E-state index in [2.05, 4.69) is 9.97 Å². The number of hydrogen-bond donors (Lipinski definition) is 0. The van der Waals surface area contributed by atoms with Crippen LogP contribution in [0.2, 0.25) is 0 Å². The molecule has 0 unspecified atom stereocenters. The lowest BCUT2D eigenvalue weighted by Gasteiger charge is -2.31. The van der Waals surface area contributed by atoms with Gasteiger partial charge in [0.15, 0.2) is 0 Å². The summed E-state index contributed by atoms with van der Waals surface area (Å²) in [7, 11) is -3.91. The number of halogens is 1. The molecular weight excluding hydrogens is 321 g/mol. The molecule has 0 spiro atoms. The number of morpholine rings is 1. The van der Waals surface area contributed by atoms with Gasteiger partial charge in [0, 0.05) is 19.3 Å². The number of hydrogen-bond acceptors (Lipinski definition) is 5. The van der Waals surface area contributed by atoms with Crippen LogP contribution in [0.15, 0.2) is 41.4 Å². The van der Waals surface area contributed by atoms with Gasteiger partial charge in [0.05, 0.1) is 12.3 Å². The minimum absolute atomic E-state index is 0.0904. The number of aryl methyl sites for hydroxylation is 1. The maximum absolute atomic E-state index is 13.9. The van der Waals surface area contributed by atoms with Crippen molar-refractivity contribution in [3.05, 3.63) is 53.9 Å². The summed E-state index contributed by atoms with van der Waals surface area (Å²) in [6.45, 7) is 2.24. The topological polar surface area (TPSA) is 72.4 Å². The van der Waals surface area contributed by atoms with E-state index in [0.717, 1.165) is 6.07 Å². The maximum atomic E-state index is 13.9. The van der Waals surface area contributed by atoms with Gasteiger partial charge in [-0.25, -0.2) is 22.8 Å². The molecule has 0 N–H and O–H groups in total. The number of rotatable bonds is 3. The summed E-state index contributed by atoms with van der Waals surface area (Å²) >= 11 is 0. The predicted octanol–water partition coefficient (Wildman–Crippen LogP) is 1.69. The second-order valence-corrected chi connectivity index (χ2v) is 7.09. The fourth-order valence-electron chi connectivity index (χ4n) is 2.47. The quantitative estimate of drug-likeness (QED) is 0.852. The van der Waals surface area contributed by atoms with Gasteiger partial charge in [-0.3, -0.25) is 0 Å². The first-order chi connectivity index (χ1) is 11.0. The van der Waals surface area contributed by atoms with E-state index in [1.54, 1.807) is 19.2 Å². The van der Waals surface area contributed by atoms with Gasteiger partial charge in [-0.15, -0.1) is 0 Å². The van der Waals surface area contributed by atoms with Gasteiger partial charge >= 0.3 is 0 Å². The van der Waals surface area contributed by atoms with E-state index < -0.39 is 21.9 Å². The van der Waals surface area contributed by atoms with E-state index in [0.29, 0.717) is 11.5 Å². The second kappa shape index (κ2) is 6.31. The lowest BCUT2D eigenvalue weighted by atomic mass is 10.2. The molecule has 6 nitrogen and oxygen atoms in total. The molecule has 3 rings (SSSR count). The Bertz CT molecular complexity index is 813. The van der Waals surface area contributed by atoms with Crippen molar-refractivity contribution in [1.82, 2.24) is 14.3 Å². The summed E-state index contributed by atoms with van der Waals surface area (Å²) in [6.07, 6.45) is 1.11. The zero-order valence-corrected chi connectivity index (χ0v) is 13.3. The van der Waals surface area contributed by atoms with E-state index in [4.69, 9.17) is 4.74 Å². The van der Waals surface area contributed by atoms with Crippen molar-refractivity contribution in [3.8, 4) is 0 Å². The molecule has 0 amide bonds. The maximum Gasteiger partial charge on any atom is 0.246 e. The first-order valence-electron chi connectivity index (χ1n) is 7.14. The predicted molar refractivity (Wildman–Crippen MR) is 80.6 cm³/mol. The molecule has 0 bridgehead atoms. The van der Waals surface area contributed by atoms with Crippen LogP contribution in [0, 0.1) is 12.7 Å². The van der Waals surface area contributed by atoms with Crippen LogP contribution in [0.25, 0.3) is 0 Å². The highest BCUT2D eigenvalue weighted by atomic mass is 32.2. The summed E-state index contributed by atoms with van der Waals surface area (Å²) in [5, 5.41) is 0. The SMILES string of the molecule is Cc1nccc([C@H]2CN(S(=O)(=O)c3ccccc3F)CCO2)n1. The van der Waals surface area contributed by atoms with Gasteiger partial charge in [-0.05, 0) is 25.1 Å². The average molecular weight is 337 g/mol. The number of aromatic nitrogens is 2. The number of benzene rings is 1. The van der Waals surface area contributed by atoms with Crippen LogP contribution in [0.4, 0.5) is 4.39 Å². The fraction of sp³-hybridized carbons (Fsp3) is 0.333. The minimum atomic E-state index is -3.91. The molecule has 0 aliphatic carbocycles. The Kier molecular flexibility index (Phi) is 4.38. The van der Waals surface area contributed by atoms with E-state index >= 15 is 0 Å². The molecule has 1 saturated heterocycles. The van der Waals surface area contributed by atoms with Crippen molar-refractivity contribution in [3.63, 3.8) is 0 Å². The first-order valence-corrected chi connectivity index (χ1v) is 8.58.